The van der Waals surface area contributed by atoms with Gasteiger partial charge in [0.15, 0.2) is 6.10 Å². The smallest absolute Gasteiger partial charge is 0.261 e. The summed E-state index contributed by atoms with van der Waals surface area (Å²) in [5, 5.41) is 3.03. The third-order valence-electron chi connectivity index (χ3n) is 3.98. The Hall–Kier alpha value is -2.49. The van der Waals surface area contributed by atoms with Gasteiger partial charge < -0.3 is 14.8 Å². The van der Waals surface area contributed by atoms with Crippen LogP contribution < -0.4 is 14.8 Å². The molecule has 0 aliphatic rings. The quantitative estimate of drug-likeness (QED) is 0.773. The molecule has 0 aliphatic carbocycles. The van der Waals surface area contributed by atoms with Crippen molar-refractivity contribution in [1.29, 1.82) is 0 Å². The van der Waals surface area contributed by atoms with Crippen molar-refractivity contribution >= 4 is 5.91 Å². The summed E-state index contributed by atoms with van der Waals surface area (Å²) in [4.78, 5) is 12.6. The van der Waals surface area contributed by atoms with Gasteiger partial charge in [0.1, 0.15) is 11.5 Å². The van der Waals surface area contributed by atoms with Crippen LogP contribution in [0.1, 0.15) is 44.4 Å². The number of ether oxygens (including phenoxy) is 2. The number of rotatable bonds is 8. The van der Waals surface area contributed by atoms with Gasteiger partial charge in [-0.15, -0.1) is 0 Å². The molecule has 2 atom stereocenters. The number of carbonyl (C=O) groups excluding carboxylic acids is 1. The molecule has 0 heterocycles. The third-order valence-corrected chi connectivity index (χ3v) is 3.98. The standard InChI is InChI=1S/C21H27NO3/c1-5-20(25-19-9-7-8-15(3)14-19)21(23)22-16(4)17-10-12-18(13-11-17)24-6-2/h7-14,16,20H,5-6H2,1-4H3,(H,22,23). The first-order valence-electron chi connectivity index (χ1n) is 8.80. The summed E-state index contributed by atoms with van der Waals surface area (Å²) in [6, 6.07) is 15.4. The van der Waals surface area contributed by atoms with E-state index in [9.17, 15) is 4.79 Å². The van der Waals surface area contributed by atoms with Crippen LogP contribution in [0.4, 0.5) is 0 Å². The Morgan fingerprint density at radius 1 is 1.08 bits per heavy atom. The van der Waals surface area contributed by atoms with Gasteiger partial charge in [0.25, 0.3) is 5.91 Å². The molecule has 0 aliphatic heterocycles. The monoisotopic (exact) mass is 341 g/mol. The second-order valence-electron chi connectivity index (χ2n) is 6.06. The highest BCUT2D eigenvalue weighted by atomic mass is 16.5. The molecule has 0 saturated carbocycles. The summed E-state index contributed by atoms with van der Waals surface area (Å²) in [5.74, 6) is 1.44. The molecular weight excluding hydrogens is 314 g/mol. The molecule has 2 unspecified atom stereocenters. The zero-order valence-electron chi connectivity index (χ0n) is 15.4. The van der Waals surface area contributed by atoms with E-state index in [2.05, 4.69) is 5.32 Å². The maximum Gasteiger partial charge on any atom is 0.261 e. The fraction of sp³-hybridized carbons (Fsp3) is 0.381. The summed E-state index contributed by atoms with van der Waals surface area (Å²) in [6.07, 6.45) is 0.0995. The lowest BCUT2D eigenvalue weighted by Gasteiger charge is -2.21. The molecular formula is C21H27NO3. The summed E-state index contributed by atoms with van der Waals surface area (Å²) >= 11 is 0. The van der Waals surface area contributed by atoms with Crippen LogP contribution in [0.5, 0.6) is 11.5 Å². The molecule has 0 fully saturated rings. The van der Waals surface area contributed by atoms with E-state index in [4.69, 9.17) is 9.47 Å². The van der Waals surface area contributed by atoms with Crippen molar-refractivity contribution in [2.24, 2.45) is 0 Å². The highest BCUT2D eigenvalue weighted by Gasteiger charge is 2.20. The number of aryl methyl sites for hydroxylation is 1. The van der Waals surface area contributed by atoms with Gasteiger partial charge in [-0.1, -0.05) is 31.2 Å². The lowest BCUT2D eigenvalue weighted by Crippen LogP contribution is -2.39. The Morgan fingerprint density at radius 3 is 2.40 bits per heavy atom. The van der Waals surface area contributed by atoms with Crippen molar-refractivity contribution in [3.8, 4) is 11.5 Å². The van der Waals surface area contributed by atoms with Gasteiger partial charge in [-0.25, -0.2) is 0 Å². The number of benzene rings is 2. The van der Waals surface area contributed by atoms with Gasteiger partial charge in [0, 0.05) is 0 Å². The van der Waals surface area contributed by atoms with E-state index in [0.717, 1.165) is 22.6 Å². The zero-order valence-corrected chi connectivity index (χ0v) is 15.4. The predicted molar refractivity (Wildman–Crippen MR) is 100 cm³/mol. The summed E-state index contributed by atoms with van der Waals surface area (Å²) in [6.45, 7) is 8.51. The van der Waals surface area contributed by atoms with Gasteiger partial charge in [0.2, 0.25) is 0 Å². The Morgan fingerprint density at radius 2 is 1.80 bits per heavy atom. The Kier molecular flexibility index (Phi) is 6.87. The van der Waals surface area contributed by atoms with Crippen molar-refractivity contribution in [3.05, 3.63) is 59.7 Å². The van der Waals surface area contributed by atoms with E-state index in [1.54, 1.807) is 0 Å². The van der Waals surface area contributed by atoms with E-state index in [-0.39, 0.29) is 11.9 Å². The molecule has 1 N–H and O–H groups in total. The number of amides is 1. The minimum atomic E-state index is -0.507. The second-order valence-corrected chi connectivity index (χ2v) is 6.06. The van der Waals surface area contributed by atoms with Crippen LogP contribution in [0.2, 0.25) is 0 Å². The summed E-state index contributed by atoms with van der Waals surface area (Å²) in [5.41, 5.74) is 2.14. The molecule has 134 valence electrons. The number of hydrogen-bond acceptors (Lipinski definition) is 3. The Labute approximate surface area is 150 Å². The molecule has 1 amide bonds. The van der Waals surface area contributed by atoms with Crippen LogP contribution in [0.15, 0.2) is 48.5 Å². The first kappa shape index (κ1) is 18.8. The Bertz CT molecular complexity index is 682. The van der Waals surface area contributed by atoms with E-state index in [0.29, 0.717) is 13.0 Å². The van der Waals surface area contributed by atoms with Crippen LogP contribution >= 0.6 is 0 Å². The SMILES string of the molecule is CCOc1ccc(C(C)NC(=O)C(CC)Oc2cccc(C)c2)cc1. The molecule has 0 aromatic heterocycles. The number of carbonyl (C=O) groups is 1. The minimum absolute atomic E-state index is 0.0988. The van der Waals surface area contributed by atoms with Crippen LogP contribution in [0.3, 0.4) is 0 Å². The largest absolute Gasteiger partial charge is 0.494 e. The lowest BCUT2D eigenvalue weighted by molar-refractivity contribution is -0.128. The van der Waals surface area contributed by atoms with Crippen LogP contribution in [0.25, 0.3) is 0 Å². The molecule has 0 saturated heterocycles. The molecule has 0 radical (unpaired) electrons. The van der Waals surface area contributed by atoms with E-state index >= 15 is 0 Å². The van der Waals surface area contributed by atoms with E-state index in [1.165, 1.54) is 0 Å². The first-order chi connectivity index (χ1) is 12.0. The maximum absolute atomic E-state index is 12.6. The highest BCUT2D eigenvalue weighted by Crippen LogP contribution is 2.19. The lowest BCUT2D eigenvalue weighted by atomic mass is 10.1. The summed E-state index contributed by atoms with van der Waals surface area (Å²) < 4.78 is 11.3. The fourth-order valence-corrected chi connectivity index (χ4v) is 2.58. The average molecular weight is 341 g/mol. The molecule has 4 nitrogen and oxygen atoms in total. The zero-order chi connectivity index (χ0) is 18.2. The number of hydrogen-bond donors (Lipinski definition) is 1. The molecule has 2 rings (SSSR count). The number of nitrogens with one attached hydrogen (secondary N) is 1. The molecule has 0 spiro atoms. The molecule has 0 bridgehead atoms. The Balaban J connectivity index is 1.98. The van der Waals surface area contributed by atoms with Gasteiger partial charge >= 0.3 is 0 Å². The maximum atomic E-state index is 12.6. The van der Waals surface area contributed by atoms with Gasteiger partial charge in [0.05, 0.1) is 12.6 Å². The van der Waals surface area contributed by atoms with E-state index in [1.807, 2.05) is 76.2 Å². The fourth-order valence-electron chi connectivity index (χ4n) is 2.58. The summed E-state index contributed by atoms with van der Waals surface area (Å²) in [7, 11) is 0. The van der Waals surface area contributed by atoms with Crippen molar-refractivity contribution in [3.63, 3.8) is 0 Å². The van der Waals surface area contributed by atoms with Crippen LogP contribution in [-0.4, -0.2) is 18.6 Å². The molecule has 4 heteroatoms. The molecule has 2 aromatic carbocycles. The third kappa shape index (κ3) is 5.52. The first-order valence-corrected chi connectivity index (χ1v) is 8.80. The van der Waals surface area contributed by atoms with E-state index < -0.39 is 6.10 Å². The van der Waals surface area contributed by atoms with Crippen molar-refractivity contribution in [1.82, 2.24) is 5.32 Å². The topological polar surface area (TPSA) is 47.6 Å². The van der Waals surface area contributed by atoms with Crippen molar-refractivity contribution < 1.29 is 14.3 Å². The predicted octanol–water partition coefficient (Wildman–Crippen LogP) is 4.43. The van der Waals surface area contributed by atoms with Gasteiger partial charge in [-0.05, 0) is 62.6 Å². The minimum Gasteiger partial charge on any atom is -0.494 e. The second kappa shape index (κ2) is 9.11. The normalized spacial score (nSPS) is 13.0. The van der Waals surface area contributed by atoms with Crippen molar-refractivity contribution in [2.45, 2.75) is 46.3 Å². The average Bonchev–Trinajstić information content (AvgIpc) is 2.60. The van der Waals surface area contributed by atoms with Gasteiger partial charge in [-0.2, -0.15) is 0 Å². The van der Waals surface area contributed by atoms with Crippen LogP contribution in [0, 0.1) is 6.92 Å². The van der Waals surface area contributed by atoms with Crippen molar-refractivity contribution in [2.75, 3.05) is 6.61 Å². The highest BCUT2D eigenvalue weighted by molar-refractivity contribution is 5.81. The van der Waals surface area contributed by atoms with Gasteiger partial charge in [-0.3, -0.25) is 4.79 Å². The molecule has 25 heavy (non-hydrogen) atoms. The van der Waals surface area contributed by atoms with Crippen LogP contribution in [-0.2, 0) is 4.79 Å². The molecule has 2 aromatic rings.